The minimum absolute atomic E-state index is 0.333. The Hall–Kier alpha value is -1.20. The van der Waals surface area contributed by atoms with Crippen LogP contribution < -0.4 is 0 Å². The SMILES string of the molecule is CCO/C(=N\S(=O)C(C)(C)C)[C@H](c1ccccc1)[C@H](O)C(C)(C)C. The highest BCUT2D eigenvalue weighted by Crippen LogP contribution is 2.34. The molecule has 1 unspecified atom stereocenters. The van der Waals surface area contributed by atoms with Gasteiger partial charge in [0, 0.05) is 0 Å². The number of nitrogens with zero attached hydrogens (tertiary/aromatic N) is 1. The van der Waals surface area contributed by atoms with Crippen LogP contribution in [0.3, 0.4) is 0 Å². The normalized spacial score (nSPS) is 17.2. The first-order valence-corrected chi connectivity index (χ1v) is 9.45. The predicted molar refractivity (Wildman–Crippen MR) is 102 cm³/mol. The van der Waals surface area contributed by atoms with Gasteiger partial charge in [-0.2, -0.15) is 4.40 Å². The fraction of sp³-hybridized carbons (Fsp3) is 0.632. The molecule has 24 heavy (non-hydrogen) atoms. The first kappa shape index (κ1) is 20.8. The topological polar surface area (TPSA) is 58.9 Å². The molecule has 136 valence electrons. The van der Waals surface area contributed by atoms with E-state index in [9.17, 15) is 9.32 Å². The van der Waals surface area contributed by atoms with Crippen molar-refractivity contribution < 1.29 is 14.1 Å². The molecule has 0 aromatic heterocycles. The maximum absolute atomic E-state index is 12.5. The average molecular weight is 354 g/mol. The highest BCUT2D eigenvalue weighted by atomic mass is 32.2. The number of aliphatic hydroxyl groups excluding tert-OH is 1. The van der Waals surface area contributed by atoms with Gasteiger partial charge in [0.05, 0.1) is 23.4 Å². The summed E-state index contributed by atoms with van der Waals surface area (Å²) in [5.41, 5.74) is 0.528. The smallest absolute Gasteiger partial charge is 0.207 e. The Morgan fingerprint density at radius 3 is 2.12 bits per heavy atom. The van der Waals surface area contributed by atoms with Crippen molar-refractivity contribution in [3.63, 3.8) is 0 Å². The minimum atomic E-state index is -1.45. The summed E-state index contributed by atoms with van der Waals surface area (Å²) in [5, 5.41) is 11.0. The van der Waals surface area contributed by atoms with E-state index in [1.165, 1.54) is 0 Å². The van der Waals surface area contributed by atoms with E-state index in [0.29, 0.717) is 12.5 Å². The summed E-state index contributed by atoms with van der Waals surface area (Å²) in [6.07, 6.45) is -0.720. The largest absolute Gasteiger partial charge is 0.480 e. The Morgan fingerprint density at radius 2 is 1.71 bits per heavy atom. The molecule has 0 aliphatic heterocycles. The maximum Gasteiger partial charge on any atom is 0.207 e. The van der Waals surface area contributed by atoms with Gasteiger partial charge in [-0.25, -0.2) is 4.21 Å². The van der Waals surface area contributed by atoms with Gasteiger partial charge in [-0.1, -0.05) is 51.1 Å². The molecular formula is C19H31NO3S. The molecular weight excluding hydrogens is 322 g/mol. The van der Waals surface area contributed by atoms with Gasteiger partial charge in [-0.15, -0.1) is 0 Å². The molecule has 3 atom stereocenters. The third kappa shape index (κ3) is 5.71. The monoisotopic (exact) mass is 353 g/mol. The van der Waals surface area contributed by atoms with Crippen molar-refractivity contribution >= 4 is 16.9 Å². The Bertz CT molecular complexity index is 571. The summed E-state index contributed by atoms with van der Waals surface area (Å²) in [6, 6.07) is 9.64. The number of hydrogen-bond acceptors (Lipinski definition) is 3. The van der Waals surface area contributed by atoms with E-state index in [4.69, 9.17) is 4.74 Å². The van der Waals surface area contributed by atoms with Crippen LogP contribution in [-0.4, -0.2) is 32.7 Å². The lowest BCUT2D eigenvalue weighted by atomic mass is 9.78. The van der Waals surface area contributed by atoms with Crippen molar-refractivity contribution in [1.29, 1.82) is 0 Å². The summed E-state index contributed by atoms with van der Waals surface area (Å²) in [5.74, 6) is -0.128. The fourth-order valence-electron chi connectivity index (χ4n) is 2.16. The van der Waals surface area contributed by atoms with Crippen LogP contribution in [0.5, 0.6) is 0 Å². The van der Waals surface area contributed by atoms with Gasteiger partial charge >= 0.3 is 0 Å². The number of hydrogen-bond donors (Lipinski definition) is 1. The highest BCUT2D eigenvalue weighted by molar-refractivity contribution is 7.85. The van der Waals surface area contributed by atoms with Gasteiger partial charge in [0.15, 0.2) is 0 Å². The lowest BCUT2D eigenvalue weighted by Crippen LogP contribution is -2.38. The first-order valence-electron chi connectivity index (χ1n) is 8.35. The van der Waals surface area contributed by atoms with Crippen LogP contribution in [0.4, 0.5) is 0 Å². The third-order valence-corrected chi connectivity index (χ3v) is 5.01. The zero-order valence-corrected chi connectivity index (χ0v) is 16.7. The highest BCUT2D eigenvalue weighted by Gasteiger charge is 2.37. The molecule has 0 saturated carbocycles. The van der Waals surface area contributed by atoms with Crippen molar-refractivity contribution in [1.82, 2.24) is 0 Å². The molecule has 5 heteroatoms. The van der Waals surface area contributed by atoms with Crippen molar-refractivity contribution in [2.75, 3.05) is 6.61 Å². The lowest BCUT2D eigenvalue weighted by Gasteiger charge is -2.33. The molecule has 1 aromatic carbocycles. The van der Waals surface area contributed by atoms with E-state index < -0.39 is 27.8 Å². The third-order valence-electron chi connectivity index (χ3n) is 3.62. The van der Waals surface area contributed by atoms with Crippen LogP contribution in [0.2, 0.25) is 0 Å². The average Bonchev–Trinajstić information content (AvgIpc) is 2.46. The molecule has 0 fully saturated rings. The van der Waals surface area contributed by atoms with E-state index in [1.807, 2.05) is 78.8 Å². The molecule has 1 N–H and O–H groups in total. The van der Waals surface area contributed by atoms with Crippen molar-refractivity contribution in [3.8, 4) is 0 Å². The Kier molecular flexibility index (Phi) is 7.17. The number of rotatable bonds is 5. The summed E-state index contributed by atoms with van der Waals surface area (Å²) in [7, 11) is -1.45. The van der Waals surface area contributed by atoms with E-state index in [-0.39, 0.29) is 5.41 Å². The summed E-state index contributed by atoms with van der Waals surface area (Å²) < 4.78 is 22.1. The van der Waals surface area contributed by atoms with Crippen molar-refractivity contribution in [2.45, 2.75) is 65.2 Å². The van der Waals surface area contributed by atoms with Gasteiger partial charge in [0.2, 0.25) is 5.90 Å². The number of benzene rings is 1. The molecule has 0 aliphatic carbocycles. The van der Waals surface area contributed by atoms with Crippen molar-refractivity contribution in [3.05, 3.63) is 35.9 Å². The molecule has 1 rings (SSSR count). The minimum Gasteiger partial charge on any atom is -0.480 e. The van der Waals surface area contributed by atoms with Gasteiger partial charge in [-0.05, 0) is 38.7 Å². The molecule has 0 aliphatic rings. The van der Waals surface area contributed by atoms with E-state index in [0.717, 1.165) is 5.56 Å². The molecule has 0 heterocycles. The molecule has 1 aromatic rings. The number of ether oxygens (including phenoxy) is 1. The molecule has 0 spiro atoms. The molecule has 0 bridgehead atoms. The van der Waals surface area contributed by atoms with Gasteiger partial charge in [0.1, 0.15) is 11.0 Å². The molecule has 0 amide bonds. The van der Waals surface area contributed by atoms with Crippen LogP contribution in [0.1, 0.15) is 59.9 Å². The lowest BCUT2D eigenvalue weighted by molar-refractivity contribution is 0.0493. The van der Waals surface area contributed by atoms with Gasteiger partial charge in [-0.3, -0.25) is 0 Å². The molecule has 4 nitrogen and oxygen atoms in total. The standard InChI is InChI=1S/C19H31NO3S/c1-8-23-17(20-24(22)19(5,6)7)15(16(21)18(2,3)4)14-12-10-9-11-13-14/h9-13,15-16,21H,8H2,1-7H3/b20-17-/t15-,16+,24?/m1/s1. The molecule has 0 radical (unpaired) electrons. The van der Waals surface area contributed by atoms with Crippen molar-refractivity contribution in [2.24, 2.45) is 9.81 Å². The fourth-order valence-corrected chi connectivity index (χ4v) is 2.76. The van der Waals surface area contributed by atoms with E-state index in [2.05, 4.69) is 4.40 Å². The quantitative estimate of drug-likeness (QED) is 0.641. The second-order valence-electron chi connectivity index (χ2n) is 7.92. The van der Waals surface area contributed by atoms with Crippen LogP contribution in [0.15, 0.2) is 34.7 Å². The van der Waals surface area contributed by atoms with Gasteiger partial charge < -0.3 is 9.84 Å². The Labute approximate surface area is 148 Å². The zero-order chi connectivity index (χ0) is 18.5. The van der Waals surface area contributed by atoms with E-state index >= 15 is 0 Å². The maximum atomic E-state index is 12.5. The van der Waals surface area contributed by atoms with Crippen LogP contribution in [0, 0.1) is 5.41 Å². The van der Waals surface area contributed by atoms with Crippen LogP contribution in [0.25, 0.3) is 0 Å². The second-order valence-corrected chi connectivity index (χ2v) is 9.83. The summed E-state index contributed by atoms with van der Waals surface area (Å²) in [6.45, 7) is 13.8. The summed E-state index contributed by atoms with van der Waals surface area (Å²) >= 11 is 0. The van der Waals surface area contributed by atoms with E-state index in [1.54, 1.807) is 0 Å². The Balaban J connectivity index is 3.42. The molecule has 0 saturated heterocycles. The zero-order valence-electron chi connectivity index (χ0n) is 15.9. The van der Waals surface area contributed by atoms with Gasteiger partial charge in [0.25, 0.3) is 0 Å². The van der Waals surface area contributed by atoms with Crippen LogP contribution in [-0.2, 0) is 15.7 Å². The predicted octanol–water partition coefficient (Wildman–Crippen LogP) is 4.07. The van der Waals surface area contributed by atoms with Crippen LogP contribution >= 0.6 is 0 Å². The Morgan fingerprint density at radius 1 is 1.17 bits per heavy atom. The first-order chi connectivity index (χ1) is 11.0. The number of aliphatic hydroxyl groups is 1. The summed E-state index contributed by atoms with van der Waals surface area (Å²) in [4.78, 5) is 0. The second kappa shape index (κ2) is 8.26.